The van der Waals surface area contributed by atoms with Gasteiger partial charge in [0.25, 0.3) is 0 Å². The SMILES string of the molecule is CCOC(=O)/C=C/[C@H](C)[C@@H](C)NC(=O)OC(C)(C)C. The highest BCUT2D eigenvalue weighted by molar-refractivity contribution is 5.81. The quantitative estimate of drug-likeness (QED) is 0.616. The average Bonchev–Trinajstić information content (AvgIpc) is 2.23. The monoisotopic (exact) mass is 271 g/mol. The topological polar surface area (TPSA) is 64.6 Å². The molecule has 0 aliphatic carbocycles. The van der Waals surface area contributed by atoms with Crippen LogP contribution in [-0.2, 0) is 14.3 Å². The zero-order valence-electron chi connectivity index (χ0n) is 12.6. The summed E-state index contributed by atoms with van der Waals surface area (Å²) < 4.78 is 9.94. The van der Waals surface area contributed by atoms with Crippen molar-refractivity contribution in [3.05, 3.63) is 12.2 Å². The summed E-state index contributed by atoms with van der Waals surface area (Å²) >= 11 is 0. The first-order valence-electron chi connectivity index (χ1n) is 6.50. The van der Waals surface area contributed by atoms with E-state index in [0.29, 0.717) is 6.61 Å². The van der Waals surface area contributed by atoms with Crippen LogP contribution < -0.4 is 5.32 Å². The summed E-state index contributed by atoms with van der Waals surface area (Å²) in [5.41, 5.74) is -0.520. The number of hydrogen-bond acceptors (Lipinski definition) is 4. The third-order valence-electron chi connectivity index (χ3n) is 2.36. The Morgan fingerprint density at radius 3 is 2.32 bits per heavy atom. The molecule has 0 fully saturated rings. The lowest BCUT2D eigenvalue weighted by molar-refractivity contribution is -0.137. The Morgan fingerprint density at radius 1 is 1.26 bits per heavy atom. The number of carbonyl (C=O) groups is 2. The van der Waals surface area contributed by atoms with E-state index in [1.54, 1.807) is 33.8 Å². The molecule has 0 heterocycles. The van der Waals surface area contributed by atoms with E-state index in [-0.39, 0.29) is 17.9 Å². The van der Waals surface area contributed by atoms with Crippen LogP contribution in [0.5, 0.6) is 0 Å². The molecular formula is C14H25NO4. The zero-order valence-corrected chi connectivity index (χ0v) is 12.6. The van der Waals surface area contributed by atoms with Gasteiger partial charge >= 0.3 is 12.1 Å². The van der Waals surface area contributed by atoms with Gasteiger partial charge in [-0.2, -0.15) is 0 Å². The van der Waals surface area contributed by atoms with Gasteiger partial charge in [-0.15, -0.1) is 0 Å². The number of esters is 1. The fraction of sp³-hybridized carbons (Fsp3) is 0.714. The van der Waals surface area contributed by atoms with Crippen LogP contribution in [0.3, 0.4) is 0 Å². The van der Waals surface area contributed by atoms with Crippen LogP contribution in [0.2, 0.25) is 0 Å². The smallest absolute Gasteiger partial charge is 0.407 e. The van der Waals surface area contributed by atoms with E-state index >= 15 is 0 Å². The van der Waals surface area contributed by atoms with Crippen molar-refractivity contribution in [3.63, 3.8) is 0 Å². The van der Waals surface area contributed by atoms with E-state index in [1.165, 1.54) is 6.08 Å². The molecule has 0 aliphatic heterocycles. The second-order valence-electron chi connectivity index (χ2n) is 5.41. The molecule has 0 saturated heterocycles. The highest BCUT2D eigenvalue weighted by atomic mass is 16.6. The van der Waals surface area contributed by atoms with Crippen molar-refractivity contribution in [2.45, 2.75) is 53.2 Å². The van der Waals surface area contributed by atoms with Crippen molar-refractivity contribution in [2.24, 2.45) is 5.92 Å². The predicted octanol–water partition coefficient (Wildman–Crippen LogP) is 2.66. The van der Waals surface area contributed by atoms with Gasteiger partial charge in [-0.25, -0.2) is 9.59 Å². The lowest BCUT2D eigenvalue weighted by atomic mass is 10.0. The molecule has 19 heavy (non-hydrogen) atoms. The highest BCUT2D eigenvalue weighted by Gasteiger charge is 2.19. The lowest BCUT2D eigenvalue weighted by Crippen LogP contribution is -2.40. The van der Waals surface area contributed by atoms with Gasteiger partial charge in [0, 0.05) is 12.1 Å². The molecule has 0 radical (unpaired) electrons. The summed E-state index contributed by atoms with van der Waals surface area (Å²) in [4.78, 5) is 22.7. The van der Waals surface area contributed by atoms with Crippen molar-refractivity contribution >= 4 is 12.1 Å². The number of hydrogen-bond donors (Lipinski definition) is 1. The number of nitrogens with one attached hydrogen (secondary N) is 1. The first kappa shape index (κ1) is 17.5. The van der Waals surface area contributed by atoms with Crippen LogP contribution >= 0.6 is 0 Å². The van der Waals surface area contributed by atoms with E-state index < -0.39 is 11.7 Å². The molecule has 0 bridgehead atoms. The molecule has 0 spiro atoms. The molecule has 0 aromatic heterocycles. The van der Waals surface area contributed by atoms with Crippen molar-refractivity contribution in [1.82, 2.24) is 5.32 Å². The molecule has 1 N–H and O–H groups in total. The van der Waals surface area contributed by atoms with Crippen LogP contribution in [0.25, 0.3) is 0 Å². The maximum absolute atomic E-state index is 11.6. The zero-order chi connectivity index (χ0) is 15.1. The van der Waals surface area contributed by atoms with Crippen LogP contribution in [0.15, 0.2) is 12.2 Å². The molecule has 0 aliphatic rings. The van der Waals surface area contributed by atoms with E-state index in [9.17, 15) is 9.59 Å². The lowest BCUT2D eigenvalue weighted by Gasteiger charge is -2.23. The molecular weight excluding hydrogens is 246 g/mol. The Hall–Kier alpha value is -1.52. The molecule has 0 rings (SSSR count). The predicted molar refractivity (Wildman–Crippen MR) is 73.8 cm³/mol. The number of alkyl carbamates (subject to hydrolysis) is 1. The molecule has 0 aromatic rings. The normalized spacial score (nSPS) is 14.8. The Labute approximate surface area is 115 Å². The van der Waals surface area contributed by atoms with Crippen LogP contribution in [-0.4, -0.2) is 30.3 Å². The van der Waals surface area contributed by atoms with Crippen molar-refractivity contribution < 1.29 is 19.1 Å². The minimum Gasteiger partial charge on any atom is -0.463 e. The molecule has 5 heteroatoms. The molecule has 0 unspecified atom stereocenters. The third kappa shape index (κ3) is 9.11. The second kappa shape index (κ2) is 7.81. The average molecular weight is 271 g/mol. The maximum atomic E-state index is 11.6. The van der Waals surface area contributed by atoms with Crippen molar-refractivity contribution in [2.75, 3.05) is 6.61 Å². The van der Waals surface area contributed by atoms with Crippen LogP contribution in [0.4, 0.5) is 4.79 Å². The summed E-state index contributed by atoms with van der Waals surface area (Å²) in [7, 11) is 0. The van der Waals surface area contributed by atoms with Gasteiger partial charge < -0.3 is 14.8 Å². The molecule has 110 valence electrons. The Morgan fingerprint density at radius 2 is 1.84 bits per heavy atom. The largest absolute Gasteiger partial charge is 0.463 e. The fourth-order valence-corrected chi connectivity index (χ4v) is 1.21. The third-order valence-corrected chi connectivity index (χ3v) is 2.36. The van der Waals surface area contributed by atoms with Gasteiger partial charge in [0.05, 0.1) is 6.61 Å². The second-order valence-corrected chi connectivity index (χ2v) is 5.41. The highest BCUT2D eigenvalue weighted by Crippen LogP contribution is 2.09. The minimum atomic E-state index is -0.520. The summed E-state index contributed by atoms with van der Waals surface area (Å²) in [6.45, 7) is 11.3. The number of carbonyl (C=O) groups excluding carboxylic acids is 2. The van der Waals surface area contributed by atoms with Crippen LogP contribution in [0.1, 0.15) is 41.5 Å². The molecule has 0 saturated carbocycles. The van der Waals surface area contributed by atoms with Gasteiger partial charge in [-0.1, -0.05) is 13.0 Å². The molecule has 0 aromatic carbocycles. The summed E-state index contributed by atoms with van der Waals surface area (Å²) in [5.74, 6) is -0.379. The Balaban J connectivity index is 4.23. The summed E-state index contributed by atoms with van der Waals surface area (Å²) in [5, 5.41) is 2.73. The van der Waals surface area contributed by atoms with Gasteiger partial charge in [-0.3, -0.25) is 0 Å². The van der Waals surface area contributed by atoms with E-state index in [2.05, 4.69) is 5.32 Å². The van der Waals surface area contributed by atoms with Crippen LogP contribution in [0, 0.1) is 5.92 Å². The maximum Gasteiger partial charge on any atom is 0.407 e. The van der Waals surface area contributed by atoms with Gasteiger partial charge in [0.2, 0.25) is 0 Å². The molecule has 5 nitrogen and oxygen atoms in total. The first-order valence-corrected chi connectivity index (χ1v) is 6.50. The van der Waals surface area contributed by atoms with Gasteiger partial charge in [0.1, 0.15) is 5.60 Å². The Bertz CT molecular complexity index is 331. The number of rotatable bonds is 5. The first-order chi connectivity index (χ1) is 8.65. The van der Waals surface area contributed by atoms with E-state index in [4.69, 9.17) is 9.47 Å². The number of ether oxygens (including phenoxy) is 2. The fourth-order valence-electron chi connectivity index (χ4n) is 1.21. The molecule has 2 atom stereocenters. The summed E-state index contributed by atoms with van der Waals surface area (Å²) in [6, 6.07) is -0.138. The standard InChI is InChI=1S/C14H25NO4/c1-7-18-12(16)9-8-10(2)11(3)15-13(17)19-14(4,5)6/h8-11H,7H2,1-6H3,(H,15,17)/b9-8+/t10-,11+/m0/s1. The minimum absolute atomic E-state index is 0.00285. The molecule has 1 amide bonds. The van der Waals surface area contributed by atoms with Crippen molar-refractivity contribution in [3.8, 4) is 0 Å². The van der Waals surface area contributed by atoms with Gasteiger partial charge in [-0.05, 0) is 40.5 Å². The van der Waals surface area contributed by atoms with E-state index in [0.717, 1.165) is 0 Å². The van der Waals surface area contributed by atoms with Gasteiger partial charge in [0.15, 0.2) is 0 Å². The number of amides is 1. The summed E-state index contributed by atoms with van der Waals surface area (Å²) in [6.07, 6.45) is 2.62. The van der Waals surface area contributed by atoms with E-state index in [1.807, 2.05) is 13.8 Å². The Kier molecular flexibility index (Phi) is 7.19. The van der Waals surface area contributed by atoms with Crippen molar-refractivity contribution in [1.29, 1.82) is 0 Å².